The van der Waals surface area contributed by atoms with Crippen LogP contribution in [0.3, 0.4) is 0 Å². The summed E-state index contributed by atoms with van der Waals surface area (Å²) >= 11 is 0. The average molecular weight is 243 g/mol. The van der Waals surface area contributed by atoms with Gasteiger partial charge >= 0.3 is 0 Å². The number of aromatic amines is 2. The summed E-state index contributed by atoms with van der Waals surface area (Å²) in [6.45, 7) is 0. The Kier molecular flexibility index (Phi) is 2.30. The van der Waals surface area contributed by atoms with Gasteiger partial charge in [-0.2, -0.15) is 5.10 Å². The molecular formula is C12H10N3OP. The maximum atomic E-state index is 10.6. The van der Waals surface area contributed by atoms with Crippen molar-refractivity contribution in [2.75, 3.05) is 0 Å². The van der Waals surface area contributed by atoms with Gasteiger partial charge in [0.15, 0.2) is 6.29 Å². The quantitative estimate of drug-likeness (QED) is 0.533. The number of carbonyl (C=O) groups excluding carboxylic acids is 1. The number of aromatic nitrogens is 3. The van der Waals surface area contributed by atoms with E-state index in [4.69, 9.17) is 0 Å². The lowest BCUT2D eigenvalue weighted by atomic mass is 10.1. The van der Waals surface area contributed by atoms with Gasteiger partial charge in [0.1, 0.15) is 0 Å². The smallest absolute Gasteiger partial charge is 0.167 e. The predicted octanol–water partition coefficient (Wildman–Crippen LogP) is 1.87. The van der Waals surface area contributed by atoms with Crippen molar-refractivity contribution < 1.29 is 4.79 Å². The Balaban J connectivity index is 2.26. The number of aldehydes is 1. The summed E-state index contributed by atoms with van der Waals surface area (Å²) in [6, 6.07) is 7.77. The Bertz CT molecular complexity index is 699. The van der Waals surface area contributed by atoms with Crippen LogP contribution in [0.4, 0.5) is 0 Å². The Labute approximate surface area is 99.6 Å². The molecule has 17 heavy (non-hydrogen) atoms. The molecule has 0 aliphatic rings. The number of H-pyrrole nitrogens is 2. The zero-order valence-electron chi connectivity index (χ0n) is 8.90. The Morgan fingerprint density at radius 2 is 2.18 bits per heavy atom. The largest absolute Gasteiger partial charge is 0.361 e. The van der Waals surface area contributed by atoms with E-state index in [-0.39, 0.29) is 0 Å². The zero-order valence-corrected chi connectivity index (χ0v) is 10.1. The van der Waals surface area contributed by atoms with E-state index in [0.29, 0.717) is 5.69 Å². The highest BCUT2D eigenvalue weighted by atomic mass is 31.0. The summed E-state index contributed by atoms with van der Waals surface area (Å²) in [7, 11) is 2.70. The molecule has 84 valence electrons. The maximum Gasteiger partial charge on any atom is 0.167 e. The molecule has 4 nitrogen and oxygen atoms in total. The third-order valence-corrected chi connectivity index (χ3v) is 3.26. The minimum atomic E-state index is 0.481. The lowest BCUT2D eigenvalue weighted by molar-refractivity contribution is 0.111. The topological polar surface area (TPSA) is 61.5 Å². The fraction of sp³-hybridized carbons (Fsp3) is 0. The summed E-state index contributed by atoms with van der Waals surface area (Å²) in [5.74, 6) is 0. The molecule has 1 unspecified atom stereocenters. The number of hydrogen-bond donors (Lipinski definition) is 2. The van der Waals surface area contributed by atoms with E-state index in [1.807, 2.05) is 24.4 Å². The normalized spacial score (nSPS) is 10.9. The van der Waals surface area contributed by atoms with Crippen LogP contribution < -0.4 is 5.30 Å². The van der Waals surface area contributed by atoms with Gasteiger partial charge in [-0.05, 0) is 23.5 Å². The molecule has 2 aromatic heterocycles. The third-order valence-electron chi connectivity index (χ3n) is 2.76. The Hall–Kier alpha value is -1.93. The highest BCUT2D eigenvalue weighted by molar-refractivity contribution is 7.28. The van der Waals surface area contributed by atoms with Crippen LogP contribution in [0.2, 0.25) is 0 Å². The number of benzene rings is 1. The van der Waals surface area contributed by atoms with Gasteiger partial charge in [-0.3, -0.25) is 9.89 Å². The van der Waals surface area contributed by atoms with Gasteiger partial charge in [-0.15, -0.1) is 9.24 Å². The molecule has 0 spiro atoms. The molecule has 0 amide bonds. The van der Waals surface area contributed by atoms with Gasteiger partial charge in [0.25, 0.3) is 0 Å². The van der Waals surface area contributed by atoms with Gasteiger partial charge in [0.2, 0.25) is 0 Å². The van der Waals surface area contributed by atoms with Crippen molar-refractivity contribution in [1.29, 1.82) is 0 Å². The van der Waals surface area contributed by atoms with Crippen LogP contribution in [-0.4, -0.2) is 21.5 Å². The second-order valence-electron chi connectivity index (χ2n) is 3.80. The van der Waals surface area contributed by atoms with E-state index in [1.165, 1.54) is 0 Å². The fourth-order valence-electron chi connectivity index (χ4n) is 1.93. The molecule has 5 heteroatoms. The highest BCUT2D eigenvalue weighted by Crippen LogP contribution is 2.26. The monoisotopic (exact) mass is 243 g/mol. The molecule has 0 bridgehead atoms. The van der Waals surface area contributed by atoms with Crippen LogP contribution in [0.5, 0.6) is 0 Å². The van der Waals surface area contributed by atoms with Crippen LogP contribution in [0.1, 0.15) is 10.5 Å². The summed E-state index contributed by atoms with van der Waals surface area (Å²) in [5.41, 5.74) is 3.27. The predicted molar refractivity (Wildman–Crippen MR) is 70.6 cm³/mol. The number of hydrogen-bond acceptors (Lipinski definition) is 2. The van der Waals surface area contributed by atoms with Crippen LogP contribution in [0.25, 0.3) is 22.2 Å². The fourth-order valence-corrected chi connectivity index (χ4v) is 2.26. The third kappa shape index (κ3) is 1.58. The molecule has 0 radical (unpaired) electrons. The van der Waals surface area contributed by atoms with E-state index in [9.17, 15) is 4.79 Å². The molecule has 0 fully saturated rings. The number of nitrogens with zero attached hydrogens (tertiary/aromatic N) is 1. The molecule has 0 aliphatic carbocycles. The number of fused-ring (bicyclic) bond motifs is 1. The molecule has 3 aromatic rings. The van der Waals surface area contributed by atoms with Crippen molar-refractivity contribution in [1.82, 2.24) is 15.2 Å². The van der Waals surface area contributed by atoms with Gasteiger partial charge < -0.3 is 4.98 Å². The van der Waals surface area contributed by atoms with E-state index < -0.39 is 0 Å². The summed E-state index contributed by atoms with van der Waals surface area (Å²) in [4.78, 5) is 13.8. The second-order valence-corrected chi connectivity index (χ2v) is 4.42. The van der Waals surface area contributed by atoms with Crippen LogP contribution in [-0.2, 0) is 0 Å². The van der Waals surface area contributed by atoms with Crippen LogP contribution in [0, 0.1) is 0 Å². The first-order valence-corrected chi connectivity index (χ1v) is 5.74. The lowest BCUT2D eigenvalue weighted by Gasteiger charge is -2.01. The summed E-state index contributed by atoms with van der Waals surface area (Å²) in [6.07, 6.45) is 2.65. The molecule has 0 saturated carbocycles. The zero-order chi connectivity index (χ0) is 11.8. The van der Waals surface area contributed by atoms with Crippen molar-refractivity contribution in [2.24, 2.45) is 0 Å². The number of rotatable bonds is 2. The molecule has 2 heterocycles. The summed E-state index contributed by atoms with van der Waals surface area (Å²) in [5, 5.41) is 9.10. The van der Waals surface area contributed by atoms with Gasteiger partial charge in [-0.1, -0.05) is 6.07 Å². The molecule has 0 saturated heterocycles. The second kappa shape index (κ2) is 3.82. The maximum absolute atomic E-state index is 10.6. The molecular weight excluding hydrogens is 233 g/mol. The standard InChI is InChI=1S/C12H10N3OP/c16-6-7-5-10(15-14-7)8-1-2-11(17)9-3-4-13-12(8)9/h1-6,13H,17H2,(H,14,15). The molecule has 0 aliphatic heterocycles. The number of carbonyl (C=O) groups is 1. The van der Waals surface area contributed by atoms with Crippen molar-refractivity contribution in [3.63, 3.8) is 0 Å². The molecule has 1 atom stereocenters. The molecule has 3 rings (SSSR count). The van der Waals surface area contributed by atoms with E-state index in [0.717, 1.165) is 33.8 Å². The lowest BCUT2D eigenvalue weighted by Crippen LogP contribution is -1.92. The summed E-state index contributed by atoms with van der Waals surface area (Å²) < 4.78 is 0. The molecule has 2 N–H and O–H groups in total. The first kappa shape index (κ1) is 10.2. The SMILES string of the molecule is O=Cc1cc(-c2ccc(P)c3cc[nH]c23)n[nH]1. The first-order chi connectivity index (χ1) is 8.29. The molecule has 1 aromatic carbocycles. The Morgan fingerprint density at radius 3 is 2.94 bits per heavy atom. The van der Waals surface area contributed by atoms with Crippen molar-refractivity contribution in [2.45, 2.75) is 0 Å². The van der Waals surface area contributed by atoms with Crippen LogP contribution >= 0.6 is 9.24 Å². The number of nitrogens with one attached hydrogen (secondary N) is 2. The van der Waals surface area contributed by atoms with Gasteiger partial charge in [0, 0.05) is 17.1 Å². The van der Waals surface area contributed by atoms with Crippen molar-refractivity contribution in [3.05, 3.63) is 36.2 Å². The van der Waals surface area contributed by atoms with E-state index in [1.54, 1.807) is 6.07 Å². The van der Waals surface area contributed by atoms with Crippen molar-refractivity contribution >= 4 is 31.7 Å². The van der Waals surface area contributed by atoms with Gasteiger partial charge in [0.05, 0.1) is 16.9 Å². The van der Waals surface area contributed by atoms with Gasteiger partial charge in [-0.25, -0.2) is 0 Å². The minimum Gasteiger partial charge on any atom is -0.361 e. The van der Waals surface area contributed by atoms with Crippen molar-refractivity contribution in [3.8, 4) is 11.3 Å². The average Bonchev–Trinajstić information content (AvgIpc) is 2.98. The highest BCUT2D eigenvalue weighted by Gasteiger charge is 2.09. The van der Waals surface area contributed by atoms with E-state index in [2.05, 4.69) is 24.4 Å². The van der Waals surface area contributed by atoms with Crippen LogP contribution in [0.15, 0.2) is 30.5 Å². The minimum absolute atomic E-state index is 0.481. The Morgan fingerprint density at radius 1 is 1.29 bits per heavy atom. The first-order valence-electron chi connectivity index (χ1n) is 5.16. The van der Waals surface area contributed by atoms with E-state index >= 15 is 0 Å².